The largest absolute Gasteiger partial charge is 0.334 e. The topological polar surface area (TPSA) is 141 Å². The molecular formula is C18H18N8O3S. The molecule has 0 saturated carbocycles. The van der Waals surface area contributed by atoms with Gasteiger partial charge in [0.2, 0.25) is 11.1 Å². The van der Waals surface area contributed by atoms with Gasteiger partial charge in [-0.3, -0.25) is 19.3 Å². The first-order valence-corrected chi connectivity index (χ1v) is 9.88. The molecule has 1 aliphatic rings. The highest BCUT2D eigenvalue weighted by molar-refractivity contribution is 7.99. The molecule has 0 aliphatic carbocycles. The van der Waals surface area contributed by atoms with Crippen LogP contribution in [0.4, 0.5) is 5.69 Å². The minimum atomic E-state index is -0.395. The van der Waals surface area contributed by atoms with Crippen LogP contribution in [0.3, 0.4) is 0 Å². The van der Waals surface area contributed by atoms with Crippen molar-refractivity contribution in [1.29, 1.82) is 0 Å². The average Bonchev–Trinajstić information content (AvgIpc) is 3.30. The van der Waals surface area contributed by atoms with Gasteiger partial charge in [0.25, 0.3) is 17.8 Å². The lowest BCUT2D eigenvalue weighted by Crippen LogP contribution is -2.24. The van der Waals surface area contributed by atoms with Crippen molar-refractivity contribution in [3.63, 3.8) is 0 Å². The fraction of sp³-hybridized carbons (Fsp3) is 0.222. The molecule has 30 heavy (non-hydrogen) atoms. The summed E-state index contributed by atoms with van der Waals surface area (Å²) in [5, 5.41) is 15.4. The number of nitrogens with two attached hydrogens (primary N) is 1. The van der Waals surface area contributed by atoms with Gasteiger partial charge in [0, 0.05) is 18.4 Å². The number of anilines is 1. The number of benzene rings is 1. The molecule has 3 N–H and O–H groups in total. The van der Waals surface area contributed by atoms with Gasteiger partial charge in [-0.15, -0.1) is 10.2 Å². The number of nitrogen functional groups attached to an aromatic ring is 1. The molecule has 4 rings (SSSR count). The molecule has 0 saturated heterocycles. The number of hydrogen-bond acceptors (Lipinski definition) is 8. The first-order valence-electron chi connectivity index (χ1n) is 8.89. The number of hydrogen-bond donors (Lipinski definition) is 2. The summed E-state index contributed by atoms with van der Waals surface area (Å²) in [5.74, 6) is 5.35. The van der Waals surface area contributed by atoms with E-state index in [9.17, 15) is 14.4 Å². The number of fused-ring (bicyclic) bond motifs is 1. The summed E-state index contributed by atoms with van der Waals surface area (Å²) in [6.45, 7) is 3.74. The summed E-state index contributed by atoms with van der Waals surface area (Å²) in [4.78, 5) is 37.4. The number of thioether (sulfide) groups is 1. The molecule has 11 nitrogen and oxygen atoms in total. The summed E-state index contributed by atoms with van der Waals surface area (Å²) in [6, 6.07) is 6.49. The van der Waals surface area contributed by atoms with E-state index in [1.165, 1.54) is 23.9 Å². The Morgan fingerprint density at radius 1 is 1.13 bits per heavy atom. The van der Waals surface area contributed by atoms with Gasteiger partial charge in [0.1, 0.15) is 0 Å². The third kappa shape index (κ3) is 3.30. The lowest BCUT2D eigenvalue weighted by Gasteiger charge is -2.07. The Morgan fingerprint density at radius 2 is 1.87 bits per heavy atom. The second-order valence-electron chi connectivity index (χ2n) is 6.76. The molecule has 154 valence electrons. The van der Waals surface area contributed by atoms with Crippen LogP contribution in [0, 0.1) is 13.8 Å². The molecule has 0 unspecified atom stereocenters. The third-order valence-electron chi connectivity index (χ3n) is 4.55. The van der Waals surface area contributed by atoms with Crippen molar-refractivity contribution < 1.29 is 14.4 Å². The van der Waals surface area contributed by atoms with Gasteiger partial charge in [0.15, 0.2) is 0 Å². The molecular weight excluding hydrogens is 408 g/mol. The molecule has 1 aromatic carbocycles. The van der Waals surface area contributed by atoms with E-state index in [0.717, 1.165) is 28.0 Å². The number of amides is 3. The molecule has 0 radical (unpaired) electrons. The maximum Gasteiger partial charge on any atom is 0.271 e. The molecule has 12 heteroatoms. The van der Waals surface area contributed by atoms with E-state index in [4.69, 9.17) is 5.84 Å². The number of nitrogens with zero attached hydrogens (tertiary/aromatic N) is 6. The second-order valence-corrected chi connectivity index (χ2v) is 7.70. The van der Waals surface area contributed by atoms with Crippen molar-refractivity contribution in [2.75, 3.05) is 24.0 Å². The smallest absolute Gasteiger partial charge is 0.271 e. The molecule has 0 fully saturated rings. The fourth-order valence-electron chi connectivity index (χ4n) is 3.11. The number of carbonyl (C=O) groups excluding carboxylic acids is 3. The van der Waals surface area contributed by atoms with Crippen molar-refractivity contribution in [2.24, 2.45) is 0 Å². The van der Waals surface area contributed by atoms with E-state index < -0.39 is 5.91 Å². The molecule has 3 amide bonds. The van der Waals surface area contributed by atoms with E-state index in [-0.39, 0.29) is 23.1 Å². The number of carbonyl (C=O) groups is 3. The Balaban J connectivity index is 1.42. The zero-order valence-corrected chi connectivity index (χ0v) is 17.2. The van der Waals surface area contributed by atoms with E-state index in [0.29, 0.717) is 22.4 Å². The van der Waals surface area contributed by atoms with Crippen molar-refractivity contribution in [1.82, 2.24) is 29.6 Å². The number of nitrogens with one attached hydrogen (secondary N) is 1. The van der Waals surface area contributed by atoms with E-state index in [1.54, 1.807) is 10.7 Å². The van der Waals surface area contributed by atoms with Gasteiger partial charge >= 0.3 is 0 Å². The van der Waals surface area contributed by atoms with Gasteiger partial charge in [-0.25, -0.2) is 9.36 Å². The third-order valence-corrected chi connectivity index (χ3v) is 5.49. The van der Waals surface area contributed by atoms with Crippen LogP contribution in [0.5, 0.6) is 0 Å². The summed E-state index contributed by atoms with van der Waals surface area (Å²) in [6.07, 6.45) is 0. The molecule has 3 aromatic rings. The minimum Gasteiger partial charge on any atom is -0.334 e. The van der Waals surface area contributed by atoms with Crippen LogP contribution in [0.25, 0.3) is 5.95 Å². The fourth-order valence-corrected chi connectivity index (χ4v) is 3.76. The number of aromatic nitrogens is 5. The van der Waals surface area contributed by atoms with Crippen molar-refractivity contribution >= 4 is 35.2 Å². The minimum absolute atomic E-state index is 0.0241. The lowest BCUT2D eigenvalue weighted by molar-refractivity contribution is -0.113. The van der Waals surface area contributed by atoms with Crippen LogP contribution >= 0.6 is 11.8 Å². The van der Waals surface area contributed by atoms with Crippen LogP contribution in [0.15, 0.2) is 29.4 Å². The Hall–Kier alpha value is -3.67. The lowest BCUT2D eigenvalue weighted by atomic mass is 10.1. The maximum atomic E-state index is 12.3. The summed E-state index contributed by atoms with van der Waals surface area (Å²) >= 11 is 1.11. The zero-order chi connectivity index (χ0) is 21.6. The molecule has 0 bridgehead atoms. The molecule has 0 spiro atoms. The van der Waals surface area contributed by atoms with Crippen LogP contribution < -0.4 is 11.2 Å². The first-order chi connectivity index (χ1) is 14.3. The van der Waals surface area contributed by atoms with Crippen LogP contribution in [-0.2, 0) is 4.79 Å². The quantitative estimate of drug-likeness (QED) is 0.346. The van der Waals surface area contributed by atoms with E-state index >= 15 is 0 Å². The summed E-state index contributed by atoms with van der Waals surface area (Å²) < 4.78 is 2.85. The highest BCUT2D eigenvalue weighted by atomic mass is 32.2. The SMILES string of the molecule is Cc1cc(C)n(-c2nnc(SCC(=O)Nc3ccc4c(c3)C(=O)N(C)C4=O)n2N)n1. The number of imide groups is 1. The van der Waals surface area contributed by atoms with Crippen LogP contribution in [0.2, 0.25) is 0 Å². The summed E-state index contributed by atoms with van der Waals surface area (Å²) in [5.41, 5.74) is 2.70. The Morgan fingerprint density at radius 3 is 2.57 bits per heavy atom. The van der Waals surface area contributed by atoms with Crippen LogP contribution in [0.1, 0.15) is 32.1 Å². The van der Waals surface area contributed by atoms with E-state index in [1.807, 2.05) is 19.9 Å². The van der Waals surface area contributed by atoms with Gasteiger partial charge in [0.05, 0.1) is 22.6 Å². The predicted molar refractivity (Wildman–Crippen MR) is 109 cm³/mol. The highest BCUT2D eigenvalue weighted by Gasteiger charge is 2.32. The Kier molecular flexibility index (Phi) is 4.78. The van der Waals surface area contributed by atoms with Gasteiger partial charge in [-0.2, -0.15) is 5.10 Å². The molecule has 2 aromatic heterocycles. The van der Waals surface area contributed by atoms with Gasteiger partial charge < -0.3 is 11.2 Å². The Labute approximate surface area is 175 Å². The monoisotopic (exact) mass is 426 g/mol. The van der Waals surface area contributed by atoms with Crippen LogP contribution in [-0.4, -0.2) is 60.1 Å². The predicted octanol–water partition coefficient (Wildman–Crippen LogP) is 0.751. The molecule has 0 atom stereocenters. The zero-order valence-electron chi connectivity index (χ0n) is 16.4. The van der Waals surface area contributed by atoms with Crippen molar-refractivity contribution in [3.05, 3.63) is 46.8 Å². The second kappa shape index (κ2) is 7.30. The molecule has 1 aliphatic heterocycles. The van der Waals surface area contributed by atoms with E-state index in [2.05, 4.69) is 20.6 Å². The highest BCUT2D eigenvalue weighted by Crippen LogP contribution is 2.25. The first kappa shape index (κ1) is 19.6. The van der Waals surface area contributed by atoms with Crippen molar-refractivity contribution in [3.8, 4) is 5.95 Å². The van der Waals surface area contributed by atoms with Gasteiger partial charge in [-0.1, -0.05) is 11.8 Å². The maximum absolute atomic E-state index is 12.3. The Bertz CT molecular complexity index is 1200. The average molecular weight is 426 g/mol. The van der Waals surface area contributed by atoms with Crippen molar-refractivity contribution in [2.45, 2.75) is 19.0 Å². The standard InChI is InChI=1S/C18H18N8O3S/c1-9-6-10(2)26(23-9)17-21-22-18(25(17)19)30-8-14(27)20-11-4-5-12-13(7-11)16(29)24(3)15(12)28/h4-7H,8,19H2,1-3H3,(H,20,27). The number of rotatable bonds is 5. The normalized spacial score (nSPS) is 13.1. The number of aryl methyl sites for hydroxylation is 2. The van der Waals surface area contributed by atoms with Gasteiger partial charge in [-0.05, 0) is 38.1 Å². The summed E-state index contributed by atoms with van der Waals surface area (Å²) in [7, 11) is 1.42. The molecule has 3 heterocycles.